The Labute approximate surface area is 140 Å². The van der Waals surface area contributed by atoms with Crippen LogP contribution in [-0.4, -0.2) is 18.5 Å². The highest BCUT2D eigenvalue weighted by Crippen LogP contribution is 2.17. The Bertz CT molecular complexity index is 683. The van der Waals surface area contributed by atoms with E-state index in [0.717, 1.165) is 12.0 Å². The first-order chi connectivity index (χ1) is 11.1. The lowest BCUT2D eigenvalue weighted by molar-refractivity contribution is -0.115. The molecule has 23 heavy (non-hydrogen) atoms. The molecule has 2 aromatic rings. The van der Waals surface area contributed by atoms with Gasteiger partial charge in [-0.1, -0.05) is 36.7 Å². The molecule has 0 aliphatic rings. The van der Waals surface area contributed by atoms with Crippen LogP contribution < -0.4 is 5.32 Å². The maximum absolute atomic E-state index is 12.0. The molecule has 0 aromatic heterocycles. The van der Waals surface area contributed by atoms with Crippen LogP contribution in [0.5, 0.6) is 0 Å². The van der Waals surface area contributed by atoms with Crippen molar-refractivity contribution in [1.29, 1.82) is 0 Å². The lowest BCUT2D eigenvalue weighted by Crippen LogP contribution is -2.14. The summed E-state index contributed by atoms with van der Waals surface area (Å²) < 4.78 is 5.05. The second-order valence-electron chi connectivity index (χ2n) is 5.03. The van der Waals surface area contributed by atoms with Gasteiger partial charge in [0, 0.05) is 10.7 Å². The molecule has 0 saturated heterocycles. The summed E-state index contributed by atoms with van der Waals surface area (Å²) in [7, 11) is 0. The predicted molar refractivity (Wildman–Crippen MR) is 90.8 cm³/mol. The number of anilines is 1. The highest BCUT2D eigenvalue weighted by atomic mass is 35.5. The number of ether oxygens (including phenoxy) is 1. The Morgan fingerprint density at radius 3 is 2.43 bits per heavy atom. The summed E-state index contributed by atoms with van der Waals surface area (Å²) in [6.07, 6.45) is 0.974. The number of esters is 1. The highest BCUT2D eigenvalue weighted by Gasteiger charge is 2.09. The number of carbonyl (C=O) groups excluding carboxylic acids is 2. The smallest absolute Gasteiger partial charge is 0.338 e. The number of hydrogen-bond donors (Lipinski definition) is 1. The van der Waals surface area contributed by atoms with Crippen molar-refractivity contribution in [2.75, 3.05) is 11.9 Å². The van der Waals surface area contributed by atoms with E-state index in [1.165, 1.54) is 0 Å². The van der Waals surface area contributed by atoms with E-state index in [2.05, 4.69) is 5.32 Å². The van der Waals surface area contributed by atoms with Gasteiger partial charge in [-0.05, 0) is 42.3 Å². The summed E-state index contributed by atoms with van der Waals surface area (Å²) in [5.41, 5.74) is 1.85. The molecular weight excluding hydrogens is 314 g/mol. The van der Waals surface area contributed by atoms with Gasteiger partial charge in [-0.2, -0.15) is 0 Å². The van der Waals surface area contributed by atoms with Crippen molar-refractivity contribution < 1.29 is 14.3 Å². The molecule has 0 atom stereocenters. The summed E-state index contributed by atoms with van der Waals surface area (Å²) in [5.74, 6) is -0.528. The Kier molecular flexibility index (Phi) is 6.18. The molecule has 0 fully saturated rings. The van der Waals surface area contributed by atoms with E-state index in [0.29, 0.717) is 22.9 Å². The van der Waals surface area contributed by atoms with Crippen molar-refractivity contribution in [3.05, 3.63) is 64.7 Å². The van der Waals surface area contributed by atoms with Gasteiger partial charge in [0.2, 0.25) is 5.91 Å². The normalized spacial score (nSPS) is 10.2. The largest absolute Gasteiger partial charge is 0.462 e. The quantitative estimate of drug-likeness (QED) is 0.811. The summed E-state index contributed by atoms with van der Waals surface area (Å²) in [5, 5.41) is 3.34. The minimum Gasteiger partial charge on any atom is -0.462 e. The van der Waals surface area contributed by atoms with Gasteiger partial charge in [-0.15, -0.1) is 0 Å². The van der Waals surface area contributed by atoms with Crippen molar-refractivity contribution in [2.45, 2.75) is 19.8 Å². The van der Waals surface area contributed by atoms with Gasteiger partial charge in [-0.3, -0.25) is 4.79 Å². The Balaban J connectivity index is 1.94. The van der Waals surface area contributed by atoms with Gasteiger partial charge >= 0.3 is 5.97 Å². The lowest BCUT2D eigenvalue weighted by atomic mass is 10.1. The SMILES string of the molecule is CCCOC(=O)c1ccc(NC(=O)Cc2ccccc2Cl)cc1. The number of halogens is 1. The molecule has 1 amide bonds. The Hall–Kier alpha value is -2.33. The molecule has 0 spiro atoms. The molecule has 2 aromatic carbocycles. The third kappa shape index (κ3) is 5.11. The van der Waals surface area contributed by atoms with E-state index >= 15 is 0 Å². The first kappa shape index (κ1) is 17.0. The van der Waals surface area contributed by atoms with Gasteiger partial charge in [0.15, 0.2) is 0 Å². The molecule has 4 nitrogen and oxygen atoms in total. The minimum absolute atomic E-state index is 0.167. The molecule has 0 saturated carbocycles. The Morgan fingerprint density at radius 2 is 1.78 bits per heavy atom. The van der Waals surface area contributed by atoms with E-state index in [-0.39, 0.29) is 18.3 Å². The molecule has 0 heterocycles. The molecule has 0 bridgehead atoms. The van der Waals surface area contributed by atoms with E-state index in [1.807, 2.05) is 25.1 Å². The third-order valence-corrected chi connectivity index (χ3v) is 3.52. The monoisotopic (exact) mass is 331 g/mol. The molecule has 0 radical (unpaired) electrons. The maximum Gasteiger partial charge on any atom is 0.338 e. The zero-order valence-corrected chi connectivity index (χ0v) is 13.6. The van der Waals surface area contributed by atoms with Crippen molar-refractivity contribution in [3.63, 3.8) is 0 Å². The summed E-state index contributed by atoms with van der Waals surface area (Å²) >= 11 is 6.04. The van der Waals surface area contributed by atoms with Crippen molar-refractivity contribution in [3.8, 4) is 0 Å². The first-order valence-corrected chi connectivity index (χ1v) is 7.78. The average molecular weight is 332 g/mol. The number of amides is 1. The fourth-order valence-electron chi connectivity index (χ4n) is 1.99. The zero-order valence-electron chi connectivity index (χ0n) is 12.8. The van der Waals surface area contributed by atoms with Crippen LogP contribution in [0, 0.1) is 0 Å². The van der Waals surface area contributed by atoms with E-state index < -0.39 is 0 Å². The van der Waals surface area contributed by atoms with E-state index in [4.69, 9.17) is 16.3 Å². The molecule has 0 aliphatic carbocycles. The van der Waals surface area contributed by atoms with Crippen molar-refractivity contribution in [1.82, 2.24) is 0 Å². The number of nitrogens with one attached hydrogen (secondary N) is 1. The average Bonchev–Trinajstić information content (AvgIpc) is 2.55. The summed E-state index contributed by atoms with van der Waals surface area (Å²) in [4.78, 5) is 23.7. The maximum atomic E-state index is 12.0. The van der Waals surface area contributed by atoms with Gasteiger partial charge in [-0.25, -0.2) is 4.79 Å². The van der Waals surface area contributed by atoms with Gasteiger partial charge in [0.05, 0.1) is 18.6 Å². The second-order valence-corrected chi connectivity index (χ2v) is 5.44. The van der Waals surface area contributed by atoms with Crippen molar-refractivity contribution in [2.24, 2.45) is 0 Å². The van der Waals surface area contributed by atoms with Gasteiger partial charge in [0.25, 0.3) is 0 Å². The second kappa shape index (κ2) is 8.34. The lowest BCUT2D eigenvalue weighted by Gasteiger charge is -2.08. The van der Waals surface area contributed by atoms with Crippen LogP contribution in [0.15, 0.2) is 48.5 Å². The van der Waals surface area contributed by atoms with Crippen LogP contribution in [0.1, 0.15) is 29.3 Å². The van der Waals surface area contributed by atoms with E-state index in [9.17, 15) is 9.59 Å². The molecule has 5 heteroatoms. The van der Waals surface area contributed by atoms with Crippen molar-refractivity contribution >= 4 is 29.2 Å². The van der Waals surface area contributed by atoms with Crippen LogP contribution in [0.4, 0.5) is 5.69 Å². The summed E-state index contributed by atoms with van der Waals surface area (Å²) in [6.45, 7) is 2.33. The fraction of sp³-hybridized carbons (Fsp3) is 0.222. The molecule has 2 rings (SSSR count). The van der Waals surface area contributed by atoms with Crippen LogP contribution in [-0.2, 0) is 16.0 Å². The highest BCUT2D eigenvalue weighted by molar-refractivity contribution is 6.31. The zero-order chi connectivity index (χ0) is 16.7. The van der Waals surface area contributed by atoms with Gasteiger partial charge in [0.1, 0.15) is 0 Å². The molecule has 0 aliphatic heterocycles. The van der Waals surface area contributed by atoms with Crippen LogP contribution in [0.25, 0.3) is 0 Å². The third-order valence-electron chi connectivity index (χ3n) is 3.15. The fourth-order valence-corrected chi connectivity index (χ4v) is 2.19. The molecule has 0 unspecified atom stereocenters. The van der Waals surface area contributed by atoms with Crippen LogP contribution in [0.2, 0.25) is 5.02 Å². The summed E-state index contributed by atoms with van der Waals surface area (Å²) in [6, 6.07) is 13.8. The van der Waals surface area contributed by atoms with Crippen LogP contribution in [0.3, 0.4) is 0 Å². The standard InChI is InChI=1S/C18H18ClNO3/c1-2-11-23-18(22)13-7-9-15(10-8-13)20-17(21)12-14-5-3-4-6-16(14)19/h3-10H,2,11-12H2,1H3,(H,20,21). The topological polar surface area (TPSA) is 55.4 Å². The van der Waals surface area contributed by atoms with Gasteiger partial charge < -0.3 is 10.1 Å². The Morgan fingerprint density at radius 1 is 1.09 bits per heavy atom. The first-order valence-electron chi connectivity index (χ1n) is 7.40. The predicted octanol–water partition coefficient (Wildman–Crippen LogP) is 4.09. The van der Waals surface area contributed by atoms with E-state index in [1.54, 1.807) is 30.3 Å². The number of benzene rings is 2. The van der Waals surface area contributed by atoms with Crippen LogP contribution >= 0.6 is 11.6 Å². The molecule has 120 valence electrons. The molecule has 1 N–H and O–H groups in total. The number of carbonyl (C=O) groups is 2. The minimum atomic E-state index is -0.360. The molecular formula is C18H18ClNO3. The number of hydrogen-bond acceptors (Lipinski definition) is 3. The number of rotatable bonds is 6.